The predicted molar refractivity (Wildman–Crippen MR) is 63.8 cm³/mol. The van der Waals surface area contributed by atoms with Gasteiger partial charge in [0.25, 0.3) is 0 Å². The van der Waals surface area contributed by atoms with Crippen molar-refractivity contribution in [3.63, 3.8) is 0 Å². The number of nitrogens with one attached hydrogen (secondary N) is 2. The lowest BCUT2D eigenvalue weighted by atomic mass is 9.99. The maximum absolute atomic E-state index is 12.9. The van der Waals surface area contributed by atoms with Gasteiger partial charge in [-0.3, -0.25) is 4.79 Å². The summed E-state index contributed by atoms with van der Waals surface area (Å²) in [6.07, 6.45) is 1.97. The number of rotatable bonds is 3. The maximum Gasteiger partial charge on any atom is 0.224 e. The van der Waals surface area contributed by atoms with Crippen molar-refractivity contribution in [3.05, 3.63) is 35.6 Å². The Balaban J connectivity index is 1.83. The van der Waals surface area contributed by atoms with Gasteiger partial charge in [0.05, 0.1) is 5.92 Å². The van der Waals surface area contributed by atoms with E-state index in [1.165, 1.54) is 12.1 Å². The molecule has 1 amide bonds. The first-order chi connectivity index (χ1) is 8.25. The van der Waals surface area contributed by atoms with Crippen LogP contribution in [0.2, 0.25) is 0 Å². The van der Waals surface area contributed by atoms with E-state index in [0.717, 1.165) is 31.5 Å². The molecule has 2 rings (SSSR count). The number of amides is 1. The van der Waals surface area contributed by atoms with Crippen LogP contribution in [0.3, 0.4) is 0 Å². The number of piperidine rings is 1. The summed E-state index contributed by atoms with van der Waals surface area (Å²) in [5, 5.41) is 6.05. The van der Waals surface area contributed by atoms with Crippen LogP contribution in [-0.4, -0.2) is 19.0 Å². The molecule has 92 valence electrons. The molecule has 1 fully saturated rings. The normalized spacial score (nSPS) is 19.9. The van der Waals surface area contributed by atoms with Gasteiger partial charge in [-0.2, -0.15) is 0 Å². The van der Waals surface area contributed by atoms with Crippen LogP contribution < -0.4 is 10.6 Å². The van der Waals surface area contributed by atoms with E-state index in [0.29, 0.717) is 6.54 Å². The zero-order valence-electron chi connectivity index (χ0n) is 9.71. The molecule has 0 spiro atoms. The fraction of sp³-hybridized carbons (Fsp3) is 0.462. The standard InChI is InChI=1S/C13H17FN2O/c14-12-5-1-3-10(7-12)8-16-13(17)11-4-2-6-15-9-11/h1,3,5,7,11,15H,2,4,6,8-9H2,(H,16,17). The average Bonchev–Trinajstić information content (AvgIpc) is 2.37. The molecule has 0 saturated carbocycles. The number of halogens is 1. The maximum atomic E-state index is 12.9. The zero-order valence-corrected chi connectivity index (χ0v) is 9.71. The van der Waals surface area contributed by atoms with Crippen molar-refractivity contribution in [2.24, 2.45) is 5.92 Å². The number of benzene rings is 1. The molecule has 17 heavy (non-hydrogen) atoms. The van der Waals surface area contributed by atoms with Crippen molar-refractivity contribution in [1.82, 2.24) is 10.6 Å². The van der Waals surface area contributed by atoms with E-state index < -0.39 is 0 Å². The highest BCUT2D eigenvalue weighted by Crippen LogP contribution is 2.10. The van der Waals surface area contributed by atoms with Crippen LogP contribution in [0.25, 0.3) is 0 Å². The van der Waals surface area contributed by atoms with Gasteiger partial charge in [-0.15, -0.1) is 0 Å². The van der Waals surface area contributed by atoms with Crippen molar-refractivity contribution < 1.29 is 9.18 Å². The quantitative estimate of drug-likeness (QED) is 0.834. The highest BCUT2D eigenvalue weighted by Gasteiger charge is 2.20. The molecular weight excluding hydrogens is 219 g/mol. The molecule has 4 heteroatoms. The van der Waals surface area contributed by atoms with Crippen molar-refractivity contribution in [3.8, 4) is 0 Å². The van der Waals surface area contributed by atoms with E-state index in [1.807, 2.05) is 6.07 Å². The fourth-order valence-corrected chi connectivity index (χ4v) is 2.06. The Morgan fingerprint density at radius 1 is 1.53 bits per heavy atom. The van der Waals surface area contributed by atoms with E-state index >= 15 is 0 Å². The molecule has 1 aromatic carbocycles. The summed E-state index contributed by atoms with van der Waals surface area (Å²) >= 11 is 0. The first kappa shape index (κ1) is 12.0. The summed E-state index contributed by atoms with van der Waals surface area (Å²) in [6, 6.07) is 6.30. The van der Waals surface area contributed by atoms with Gasteiger partial charge < -0.3 is 10.6 Å². The van der Waals surface area contributed by atoms with Crippen molar-refractivity contribution >= 4 is 5.91 Å². The predicted octanol–water partition coefficient (Wildman–Crippen LogP) is 1.44. The molecule has 1 saturated heterocycles. The Bertz CT molecular complexity index is 389. The topological polar surface area (TPSA) is 41.1 Å². The molecule has 2 N–H and O–H groups in total. The van der Waals surface area contributed by atoms with Crippen molar-refractivity contribution in [2.45, 2.75) is 19.4 Å². The van der Waals surface area contributed by atoms with Gasteiger partial charge in [-0.05, 0) is 37.1 Å². The molecule has 1 heterocycles. The van der Waals surface area contributed by atoms with Crippen LogP contribution >= 0.6 is 0 Å². The lowest BCUT2D eigenvalue weighted by Gasteiger charge is -2.21. The zero-order chi connectivity index (χ0) is 12.1. The second kappa shape index (κ2) is 5.77. The van der Waals surface area contributed by atoms with Gasteiger partial charge in [0, 0.05) is 13.1 Å². The van der Waals surface area contributed by atoms with Crippen LogP contribution in [-0.2, 0) is 11.3 Å². The molecule has 1 aliphatic heterocycles. The first-order valence-corrected chi connectivity index (χ1v) is 5.98. The third-order valence-corrected chi connectivity index (χ3v) is 3.02. The second-order valence-electron chi connectivity index (χ2n) is 4.39. The minimum Gasteiger partial charge on any atom is -0.352 e. The summed E-state index contributed by atoms with van der Waals surface area (Å²) in [7, 11) is 0. The molecule has 1 atom stereocenters. The van der Waals surface area contributed by atoms with Gasteiger partial charge in [0.15, 0.2) is 0 Å². The van der Waals surface area contributed by atoms with E-state index in [-0.39, 0.29) is 17.6 Å². The minimum absolute atomic E-state index is 0.0531. The summed E-state index contributed by atoms with van der Waals surface area (Å²) in [6.45, 7) is 2.13. The molecule has 0 aromatic heterocycles. The minimum atomic E-state index is -0.268. The number of carbonyl (C=O) groups is 1. The van der Waals surface area contributed by atoms with Crippen molar-refractivity contribution in [1.29, 1.82) is 0 Å². The summed E-state index contributed by atoms with van der Waals surface area (Å²) < 4.78 is 12.9. The summed E-state index contributed by atoms with van der Waals surface area (Å²) in [5.41, 5.74) is 0.794. The lowest BCUT2D eigenvalue weighted by Crippen LogP contribution is -2.40. The Kier molecular flexibility index (Phi) is 4.09. The average molecular weight is 236 g/mol. The molecular formula is C13H17FN2O. The monoisotopic (exact) mass is 236 g/mol. The van der Waals surface area contributed by atoms with E-state index in [9.17, 15) is 9.18 Å². The molecule has 1 unspecified atom stereocenters. The van der Waals surface area contributed by atoms with E-state index in [2.05, 4.69) is 10.6 Å². The van der Waals surface area contributed by atoms with Crippen LogP contribution in [0.15, 0.2) is 24.3 Å². The number of carbonyl (C=O) groups excluding carboxylic acids is 1. The molecule has 1 aromatic rings. The fourth-order valence-electron chi connectivity index (χ4n) is 2.06. The van der Waals surface area contributed by atoms with Crippen LogP contribution in [0.1, 0.15) is 18.4 Å². The molecule has 0 radical (unpaired) electrons. The van der Waals surface area contributed by atoms with Gasteiger partial charge in [0.2, 0.25) is 5.91 Å². The third-order valence-electron chi connectivity index (χ3n) is 3.02. The van der Waals surface area contributed by atoms with Gasteiger partial charge in [0.1, 0.15) is 5.82 Å². The Hall–Kier alpha value is -1.42. The lowest BCUT2D eigenvalue weighted by molar-refractivity contribution is -0.125. The summed E-state index contributed by atoms with van der Waals surface area (Å²) in [4.78, 5) is 11.8. The van der Waals surface area contributed by atoms with E-state index in [4.69, 9.17) is 0 Å². The van der Waals surface area contributed by atoms with E-state index in [1.54, 1.807) is 6.07 Å². The van der Waals surface area contributed by atoms with Gasteiger partial charge >= 0.3 is 0 Å². The van der Waals surface area contributed by atoms with Gasteiger partial charge in [-0.1, -0.05) is 12.1 Å². The SMILES string of the molecule is O=C(NCc1cccc(F)c1)C1CCCNC1. The van der Waals surface area contributed by atoms with Crippen LogP contribution in [0.5, 0.6) is 0 Å². The molecule has 0 aliphatic carbocycles. The van der Waals surface area contributed by atoms with Crippen LogP contribution in [0.4, 0.5) is 4.39 Å². The first-order valence-electron chi connectivity index (χ1n) is 5.98. The number of hydrogen-bond donors (Lipinski definition) is 2. The second-order valence-corrected chi connectivity index (χ2v) is 4.39. The molecule has 0 bridgehead atoms. The Labute approximate surface area is 100 Å². The van der Waals surface area contributed by atoms with Gasteiger partial charge in [-0.25, -0.2) is 4.39 Å². The number of hydrogen-bond acceptors (Lipinski definition) is 2. The summed E-state index contributed by atoms with van der Waals surface area (Å²) in [5.74, 6) is -0.158. The molecule has 3 nitrogen and oxygen atoms in total. The third kappa shape index (κ3) is 3.53. The highest BCUT2D eigenvalue weighted by molar-refractivity contribution is 5.78. The Morgan fingerprint density at radius 2 is 2.41 bits per heavy atom. The Morgan fingerprint density at radius 3 is 3.12 bits per heavy atom. The smallest absolute Gasteiger partial charge is 0.224 e. The van der Waals surface area contributed by atoms with Crippen molar-refractivity contribution in [2.75, 3.05) is 13.1 Å². The van der Waals surface area contributed by atoms with Crippen LogP contribution in [0, 0.1) is 11.7 Å². The molecule has 1 aliphatic rings. The largest absolute Gasteiger partial charge is 0.352 e. The highest BCUT2D eigenvalue weighted by atomic mass is 19.1.